The first-order valence-corrected chi connectivity index (χ1v) is 10.2. The molecule has 0 fully saturated rings. The lowest BCUT2D eigenvalue weighted by molar-refractivity contribution is -0.385. The second-order valence-corrected chi connectivity index (χ2v) is 7.87. The molecule has 0 bridgehead atoms. The van der Waals surface area contributed by atoms with Crippen LogP contribution in [0.25, 0.3) is 21.1 Å². The minimum atomic E-state index is -0.446. The molecule has 31 heavy (non-hydrogen) atoms. The van der Waals surface area contributed by atoms with Crippen molar-refractivity contribution in [1.29, 1.82) is 0 Å². The maximum absolute atomic E-state index is 11.1. The molecule has 0 saturated heterocycles. The third kappa shape index (κ3) is 3.40. The number of benzene rings is 1. The van der Waals surface area contributed by atoms with Gasteiger partial charge in [-0.2, -0.15) is 10.1 Å². The zero-order valence-corrected chi connectivity index (χ0v) is 17.3. The smallest absolute Gasteiger partial charge is 0.290 e. The summed E-state index contributed by atoms with van der Waals surface area (Å²) in [7, 11) is 1.78. The molecule has 0 radical (unpaired) electrons. The van der Waals surface area contributed by atoms with Gasteiger partial charge >= 0.3 is 0 Å². The number of nitrogens with zero attached hydrogens (tertiary/aromatic N) is 6. The Kier molecular flexibility index (Phi) is 4.44. The maximum Gasteiger partial charge on any atom is 0.290 e. The van der Waals surface area contributed by atoms with Gasteiger partial charge in [-0.15, -0.1) is 11.3 Å². The Morgan fingerprint density at radius 1 is 1.19 bits per heavy atom. The van der Waals surface area contributed by atoms with Crippen LogP contribution in [0.3, 0.4) is 0 Å². The number of nitrogens with one attached hydrogen (secondary N) is 2. The molecule has 0 amide bonds. The lowest BCUT2D eigenvalue weighted by atomic mass is 10.2. The largest absolute Gasteiger partial charge is 0.339 e. The molecule has 0 spiro atoms. The van der Waals surface area contributed by atoms with Crippen LogP contribution in [0.1, 0.15) is 5.56 Å². The highest BCUT2D eigenvalue weighted by atomic mass is 32.1. The highest BCUT2D eigenvalue weighted by Gasteiger charge is 2.18. The van der Waals surface area contributed by atoms with Gasteiger partial charge in [0.25, 0.3) is 5.69 Å². The summed E-state index contributed by atoms with van der Waals surface area (Å²) < 4.78 is 0.928. The number of pyridine rings is 1. The van der Waals surface area contributed by atoms with Crippen LogP contribution < -0.4 is 10.2 Å². The SMILES string of the molecule is Cc1cc(N(C)c2nc(Nc3ccc4[nH]ncc4c3)c3sccc3n2)ncc1[N+](=O)[O-]. The monoisotopic (exact) mass is 432 g/mol. The lowest BCUT2D eigenvalue weighted by Gasteiger charge is -2.18. The number of aryl methyl sites for hydroxylation is 1. The molecular weight excluding hydrogens is 416 g/mol. The Hall–Kier alpha value is -4.12. The van der Waals surface area contributed by atoms with Crippen molar-refractivity contribution < 1.29 is 4.92 Å². The number of nitro groups is 1. The van der Waals surface area contributed by atoms with Gasteiger partial charge in [0.2, 0.25) is 5.95 Å². The van der Waals surface area contributed by atoms with Gasteiger partial charge in [-0.3, -0.25) is 20.1 Å². The number of hydrogen-bond acceptors (Lipinski definition) is 9. The normalized spacial score (nSPS) is 11.2. The second-order valence-electron chi connectivity index (χ2n) is 6.95. The highest BCUT2D eigenvalue weighted by molar-refractivity contribution is 7.17. The molecule has 0 aliphatic heterocycles. The summed E-state index contributed by atoms with van der Waals surface area (Å²) in [5.74, 6) is 1.62. The van der Waals surface area contributed by atoms with E-state index in [0.29, 0.717) is 23.1 Å². The van der Waals surface area contributed by atoms with Crippen molar-refractivity contribution in [3.63, 3.8) is 0 Å². The molecule has 4 heterocycles. The third-order valence-electron chi connectivity index (χ3n) is 4.90. The zero-order chi connectivity index (χ0) is 21.5. The van der Waals surface area contributed by atoms with Crippen molar-refractivity contribution in [1.82, 2.24) is 25.1 Å². The van der Waals surface area contributed by atoms with E-state index in [2.05, 4.69) is 25.5 Å². The van der Waals surface area contributed by atoms with E-state index in [-0.39, 0.29) is 5.69 Å². The zero-order valence-electron chi connectivity index (χ0n) is 16.5. The van der Waals surface area contributed by atoms with Gasteiger partial charge < -0.3 is 5.32 Å². The van der Waals surface area contributed by atoms with Crippen molar-refractivity contribution in [2.24, 2.45) is 0 Å². The van der Waals surface area contributed by atoms with E-state index in [1.165, 1.54) is 6.20 Å². The number of aromatic amines is 1. The summed E-state index contributed by atoms with van der Waals surface area (Å²) in [5, 5.41) is 24.4. The molecule has 154 valence electrons. The average Bonchev–Trinajstić information content (AvgIpc) is 3.41. The molecule has 0 aliphatic rings. The van der Waals surface area contributed by atoms with E-state index in [9.17, 15) is 10.1 Å². The summed E-state index contributed by atoms with van der Waals surface area (Å²) >= 11 is 1.55. The molecule has 0 atom stereocenters. The quantitative estimate of drug-likeness (QED) is 0.303. The first kappa shape index (κ1) is 18.9. The Morgan fingerprint density at radius 2 is 2.06 bits per heavy atom. The third-order valence-corrected chi connectivity index (χ3v) is 5.81. The van der Waals surface area contributed by atoms with Crippen LogP contribution in [0.15, 0.2) is 48.1 Å². The van der Waals surface area contributed by atoms with E-state index in [1.807, 2.05) is 29.6 Å². The maximum atomic E-state index is 11.1. The van der Waals surface area contributed by atoms with Crippen LogP contribution in [-0.2, 0) is 0 Å². The molecule has 0 saturated carbocycles. The number of H-pyrrole nitrogens is 1. The van der Waals surface area contributed by atoms with Gasteiger partial charge in [0, 0.05) is 23.7 Å². The molecule has 5 rings (SSSR count). The summed E-state index contributed by atoms with van der Waals surface area (Å²) in [4.78, 5) is 25.9. The summed E-state index contributed by atoms with van der Waals surface area (Å²) in [6, 6.07) is 9.48. The average molecular weight is 432 g/mol. The number of fused-ring (bicyclic) bond motifs is 2. The molecular formula is C20H16N8O2S. The number of anilines is 4. The van der Waals surface area contributed by atoms with Crippen molar-refractivity contribution in [2.75, 3.05) is 17.3 Å². The second kappa shape index (κ2) is 7.29. The number of thiophene rings is 1. The fraction of sp³-hybridized carbons (Fsp3) is 0.100. The number of aromatic nitrogens is 5. The Balaban J connectivity index is 1.54. The summed E-state index contributed by atoms with van der Waals surface area (Å²) in [6.07, 6.45) is 3.02. The van der Waals surface area contributed by atoms with Crippen LogP contribution in [-0.4, -0.2) is 37.1 Å². The first-order chi connectivity index (χ1) is 15.0. The molecule has 0 aliphatic carbocycles. The molecule has 4 aromatic heterocycles. The van der Waals surface area contributed by atoms with Gasteiger partial charge in [0.15, 0.2) is 5.82 Å². The fourth-order valence-corrected chi connectivity index (χ4v) is 4.03. The van der Waals surface area contributed by atoms with Gasteiger partial charge in [0.1, 0.15) is 12.0 Å². The molecule has 1 aromatic carbocycles. The molecule has 0 unspecified atom stereocenters. The minimum absolute atomic E-state index is 0.0247. The number of hydrogen-bond donors (Lipinski definition) is 2. The minimum Gasteiger partial charge on any atom is -0.339 e. The van der Waals surface area contributed by atoms with Crippen molar-refractivity contribution in [3.8, 4) is 0 Å². The van der Waals surface area contributed by atoms with E-state index in [1.54, 1.807) is 42.5 Å². The van der Waals surface area contributed by atoms with Gasteiger partial charge in [-0.25, -0.2) is 9.97 Å². The lowest BCUT2D eigenvalue weighted by Crippen LogP contribution is -2.15. The van der Waals surface area contributed by atoms with Gasteiger partial charge in [-0.1, -0.05) is 0 Å². The van der Waals surface area contributed by atoms with Crippen LogP contribution in [0.5, 0.6) is 0 Å². The van der Waals surface area contributed by atoms with Gasteiger partial charge in [0.05, 0.1) is 26.9 Å². The number of rotatable bonds is 5. The Labute approximate surface area is 179 Å². The van der Waals surface area contributed by atoms with E-state index in [4.69, 9.17) is 4.98 Å². The predicted molar refractivity (Wildman–Crippen MR) is 120 cm³/mol. The van der Waals surface area contributed by atoms with Crippen LogP contribution in [0.4, 0.5) is 29.0 Å². The standard InChI is InChI=1S/C20H16N8O2S/c1-11-7-17(21-10-16(11)28(29)30)27(2)20-24-15-5-6-31-18(15)19(25-20)23-13-3-4-14-12(8-13)9-22-26-14/h3-10H,1-2H3,(H,22,26)(H,23,24,25). The summed E-state index contributed by atoms with van der Waals surface area (Å²) in [6.45, 7) is 1.68. The van der Waals surface area contributed by atoms with Crippen LogP contribution >= 0.6 is 11.3 Å². The highest BCUT2D eigenvalue weighted by Crippen LogP contribution is 2.32. The molecule has 5 aromatic rings. The van der Waals surface area contributed by atoms with Crippen molar-refractivity contribution in [2.45, 2.75) is 6.92 Å². The molecule has 11 heteroatoms. The van der Waals surface area contributed by atoms with Crippen molar-refractivity contribution >= 4 is 61.4 Å². The molecule has 10 nitrogen and oxygen atoms in total. The van der Waals surface area contributed by atoms with E-state index < -0.39 is 4.92 Å². The van der Waals surface area contributed by atoms with Gasteiger partial charge in [-0.05, 0) is 42.6 Å². The van der Waals surface area contributed by atoms with E-state index in [0.717, 1.165) is 26.8 Å². The van der Waals surface area contributed by atoms with E-state index >= 15 is 0 Å². The molecule has 2 N–H and O–H groups in total. The fourth-order valence-electron chi connectivity index (χ4n) is 3.25. The van der Waals surface area contributed by atoms with Crippen LogP contribution in [0, 0.1) is 17.0 Å². The topological polar surface area (TPSA) is 126 Å². The predicted octanol–water partition coefficient (Wildman–Crippen LogP) is 4.69. The summed E-state index contributed by atoms with van der Waals surface area (Å²) in [5.41, 5.74) is 3.12. The Morgan fingerprint density at radius 3 is 2.87 bits per heavy atom. The van der Waals surface area contributed by atoms with Crippen LogP contribution in [0.2, 0.25) is 0 Å². The van der Waals surface area contributed by atoms with Crippen molar-refractivity contribution in [3.05, 3.63) is 63.8 Å². The Bertz CT molecular complexity index is 1440. The first-order valence-electron chi connectivity index (χ1n) is 9.30.